The highest BCUT2D eigenvalue weighted by molar-refractivity contribution is 5.75. The molecule has 0 unspecified atom stereocenters. The average Bonchev–Trinajstić information content (AvgIpc) is 3.32. The van der Waals surface area contributed by atoms with Crippen molar-refractivity contribution in [2.24, 2.45) is 0 Å². The lowest BCUT2D eigenvalue weighted by molar-refractivity contribution is 0.340. The quantitative estimate of drug-likeness (QED) is 0.403. The van der Waals surface area contributed by atoms with E-state index in [9.17, 15) is 4.79 Å². The standard InChI is InChI=1S/C22H21N7O4/c1-4-33-14-8-5-12(6-9-14)18-17-19(21(30)25-24-18)23-22-26-27-28-29(22)20(17)13-7-10-15(31-2)16(11-13)32-3/h5-11,20H,4H2,1-3H3,(H,25,30)(H,23,26,28)/t20-/m0/s1. The molecule has 1 aliphatic rings. The van der Waals surface area contributed by atoms with Crippen LogP contribution in [-0.4, -0.2) is 51.2 Å². The first-order valence-corrected chi connectivity index (χ1v) is 10.3. The van der Waals surface area contributed by atoms with E-state index in [2.05, 4.69) is 31.0 Å². The van der Waals surface area contributed by atoms with Crippen LogP contribution >= 0.6 is 0 Å². The largest absolute Gasteiger partial charge is 0.494 e. The van der Waals surface area contributed by atoms with Crippen LogP contribution in [0.3, 0.4) is 0 Å². The lowest BCUT2D eigenvalue weighted by Gasteiger charge is -2.28. The molecule has 2 aromatic heterocycles. The highest BCUT2D eigenvalue weighted by Crippen LogP contribution is 2.43. The predicted molar refractivity (Wildman–Crippen MR) is 119 cm³/mol. The summed E-state index contributed by atoms with van der Waals surface area (Å²) >= 11 is 0. The van der Waals surface area contributed by atoms with Crippen LogP contribution in [0.1, 0.15) is 24.1 Å². The Bertz CT molecular complexity index is 1360. The number of aromatic amines is 1. The molecule has 0 saturated heterocycles. The van der Waals surface area contributed by atoms with Crippen molar-refractivity contribution >= 4 is 11.6 Å². The van der Waals surface area contributed by atoms with Crippen LogP contribution in [0.4, 0.5) is 11.6 Å². The molecule has 2 N–H and O–H groups in total. The van der Waals surface area contributed by atoms with Gasteiger partial charge in [0, 0.05) is 11.1 Å². The maximum atomic E-state index is 12.8. The van der Waals surface area contributed by atoms with E-state index < -0.39 is 6.04 Å². The Balaban J connectivity index is 1.73. The maximum absolute atomic E-state index is 12.8. The van der Waals surface area contributed by atoms with Crippen LogP contribution in [-0.2, 0) is 0 Å². The number of ether oxygens (including phenoxy) is 3. The topological polar surface area (TPSA) is 129 Å². The fourth-order valence-electron chi connectivity index (χ4n) is 3.96. The fourth-order valence-corrected chi connectivity index (χ4v) is 3.96. The van der Waals surface area contributed by atoms with Gasteiger partial charge in [-0.2, -0.15) is 9.78 Å². The van der Waals surface area contributed by atoms with Crippen molar-refractivity contribution in [3.63, 3.8) is 0 Å². The van der Waals surface area contributed by atoms with Gasteiger partial charge in [-0.3, -0.25) is 4.79 Å². The summed E-state index contributed by atoms with van der Waals surface area (Å²) in [5.74, 6) is 2.22. The van der Waals surface area contributed by atoms with Gasteiger partial charge in [0.1, 0.15) is 17.5 Å². The Morgan fingerprint density at radius 2 is 1.85 bits per heavy atom. The van der Waals surface area contributed by atoms with Crippen LogP contribution < -0.4 is 25.1 Å². The minimum Gasteiger partial charge on any atom is -0.494 e. The molecule has 11 heteroatoms. The molecule has 2 aromatic carbocycles. The van der Waals surface area contributed by atoms with E-state index in [0.29, 0.717) is 41.0 Å². The number of rotatable bonds is 6. The summed E-state index contributed by atoms with van der Waals surface area (Å²) in [7, 11) is 3.14. The zero-order chi connectivity index (χ0) is 22.9. The van der Waals surface area contributed by atoms with E-state index in [1.165, 1.54) is 0 Å². The number of fused-ring (bicyclic) bond motifs is 2. The van der Waals surface area contributed by atoms with Gasteiger partial charge in [0.15, 0.2) is 11.5 Å². The lowest BCUT2D eigenvalue weighted by atomic mass is 9.92. The number of hydrogen-bond acceptors (Lipinski definition) is 9. The van der Waals surface area contributed by atoms with Crippen molar-refractivity contribution in [2.45, 2.75) is 13.0 Å². The number of anilines is 2. The molecule has 4 aromatic rings. The Morgan fingerprint density at radius 3 is 2.58 bits per heavy atom. The molecule has 1 atom stereocenters. The molecule has 0 saturated carbocycles. The van der Waals surface area contributed by atoms with Gasteiger partial charge in [-0.1, -0.05) is 11.2 Å². The van der Waals surface area contributed by atoms with Gasteiger partial charge in [0.2, 0.25) is 5.95 Å². The lowest BCUT2D eigenvalue weighted by Crippen LogP contribution is -2.29. The van der Waals surface area contributed by atoms with E-state index >= 15 is 0 Å². The summed E-state index contributed by atoms with van der Waals surface area (Å²) in [5, 5.41) is 22.0. The van der Waals surface area contributed by atoms with Gasteiger partial charge in [-0.05, 0) is 59.3 Å². The summed E-state index contributed by atoms with van der Waals surface area (Å²) in [6.45, 7) is 2.50. The van der Waals surface area contributed by atoms with Crippen molar-refractivity contribution < 1.29 is 14.2 Å². The number of tetrazole rings is 1. The summed E-state index contributed by atoms with van der Waals surface area (Å²) in [4.78, 5) is 12.8. The molecule has 0 spiro atoms. The molecule has 0 fully saturated rings. The Morgan fingerprint density at radius 1 is 1.06 bits per heavy atom. The normalized spacial score (nSPS) is 14.1. The molecular weight excluding hydrogens is 426 g/mol. The first kappa shape index (κ1) is 20.5. The first-order valence-electron chi connectivity index (χ1n) is 10.3. The van der Waals surface area contributed by atoms with Crippen molar-refractivity contribution in [3.8, 4) is 28.5 Å². The fraction of sp³-hybridized carbons (Fsp3) is 0.227. The summed E-state index contributed by atoms with van der Waals surface area (Å²) in [5.41, 5.74) is 2.77. The summed E-state index contributed by atoms with van der Waals surface area (Å²) < 4.78 is 18.1. The number of benzene rings is 2. The molecule has 0 radical (unpaired) electrons. The smallest absolute Gasteiger partial charge is 0.288 e. The minimum absolute atomic E-state index is 0.330. The zero-order valence-electron chi connectivity index (χ0n) is 18.2. The van der Waals surface area contributed by atoms with Crippen molar-refractivity contribution in [1.82, 2.24) is 30.4 Å². The van der Waals surface area contributed by atoms with Crippen LogP contribution in [0.2, 0.25) is 0 Å². The van der Waals surface area contributed by atoms with E-state index in [4.69, 9.17) is 14.2 Å². The third kappa shape index (κ3) is 3.43. The first-order chi connectivity index (χ1) is 16.1. The second kappa shape index (κ2) is 8.26. The number of nitrogens with zero attached hydrogens (tertiary/aromatic N) is 5. The molecule has 0 bridgehead atoms. The van der Waals surface area contributed by atoms with Crippen molar-refractivity contribution in [1.29, 1.82) is 0 Å². The van der Waals surface area contributed by atoms with Gasteiger partial charge in [-0.15, -0.1) is 0 Å². The molecular formula is C22H21N7O4. The highest BCUT2D eigenvalue weighted by atomic mass is 16.5. The number of nitrogens with one attached hydrogen (secondary N) is 2. The molecule has 3 heterocycles. The Kier molecular flexibility index (Phi) is 5.13. The van der Waals surface area contributed by atoms with Gasteiger partial charge < -0.3 is 19.5 Å². The van der Waals surface area contributed by atoms with Gasteiger partial charge in [-0.25, -0.2) is 5.10 Å². The number of hydrogen-bond donors (Lipinski definition) is 2. The minimum atomic E-state index is -0.539. The maximum Gasteiger partial charge on any atom is 0.288 e. The molecule has 168 valence electrons. The summed E-state index contributed by atoms with van der Waals surface area (Å²) in [6.07, 6.45) is 0. The predicted octanol–water partition coefficient (Wildman–Crippen LogP) is 2.53. The summed E-state index contributed by atoms with van der Waals surface area (Å²) in [6, 6.07) is 12.5. The second-order valence-corrected chi connectivity index (χ2v) is 7.24. The number of aromatic nitrogens is 6. The van der Waals surface area contributed by atoms with Crippen molar-refractivity contribution in [3.05, 3.63) is 63.9 Å². The van der Waals surface area contributed by atoms with Crippen LogP contribution in [0.25, 0.3) is 11.3 Å². The SMILES string of the molecule is CCOc1ccc(-c2n[nH]c(=O)c3c2[C@H](c2ccc(OC)c(OC)c2)n2nnnc2N3)cc1. The molecule has 1 aliphatic heterocycles. The van der Waals surface area contributed by atoms with Crippen molar-refractivity contribution in [2.75, 3.05) is 26.1 Å². The number of methoxy groups -OCH3 is 2. The van der Waals surface area contributed by atoms with Gasteiger partial charge in [0.05, 0.1) is 26.5 Å². The van der Waals surface area contributed by atoms with E-state index in [-0.39, 0.29) is 5.56 Å². The van der Waals surface area contributed by atoms with E-state index in [1.807, 2.05) is 43.3 Å². The van der Waals surface area contributed by atoms with E-state index in [0.717, 1.165) is 16.9 Å². The van der Waals surface area contributed by atoms with Crippen LogP contribution in [0, 0.1) is 0 Å². The number of H-pyrrole nitrogens is 1. The van der Waals surface area contributed by atoms with E-state index in [1.54, 1.807) is 25.0 Å². The zero-order valence-corrected chi connectivity index (χ0v) is 18.2. The average molecular weight is 447 g/mol. The van der Waals surface area contributed by atoms with Crippen LogP contribution in [0.5, 0.6) is 17.2 Å². The van der Waals surface area contributed by atoms with Gasteiger partial charge in [0.25, 0.3) is 5.56 Å². The molecule has 33 heavy (non-hydrogen) atoms. The third-order valence-electron chi connectivity index (χ3n) is 5.43. The molecule has 11 nitrogen and oxygen atoms in total. The Labute approximate surface area is 188 Å². The Hall–Kier alpha value is -4.41. The molecule has 5 rings (SSSR count). The van der Waals surface area contributed by atoms with Crippen LogP contribution in [0.15, 0.2) is 47.3 Å². The third-order valence-corrected chi connectivity index (χ3v) is 5.43. The second-order valence-electron chi connectivity index (χ2n) is 7.24. The molecule has 0 amide bonds. The highest BCUT2D eigenvalue weighted by Gasteiger charge is 2.34. The monoisotopic (exact) mass is 447 g/mol. The molecule has 0 aliphatic carbocycles. The van der Waals surface area contributed by atoms with Gasteiger partial charge >= 0.3 is 0 Å².